The number of ether oxygens (including phenoxy) is 1. The number of ketones is 1. The number of hydrogen-bond donors (Lipinski definition) is 1. The van der Waals surface area contributed by atoms with Crippen molar-refractivity contribution in [3.8, 4) is 16.3 Å². The molecule has 1 aliphatic rings. The van der Waals surface area contributed by atoms with Crippen molar-refractivity contribution in [3.63, 3.8) is 0 Å². The third-order valence-corrected chi connectivity index (χ3v) is 11.6. The van der Waals surface area contributed by atoms with Crippen molar-refractivity contribution in [3.05, 3.63) is 130 Å². The van der Waals surface area contributed by atoms with E-state index in [1.54, 1.807) is 6.92 Å². The molecule has 1 amide bonds. The Bertz CT molecular complexity index is 2170. The Hall–Kier alpha value is -4.84. The average molecular weight is 705 g/mol. The minimum atomic E-state index is -0.935. The van der Waals surface area contributed by atoms with Crippen LogP contribution < -0.4 is 9.64 Å². The summed E-state index contributed by atoms with van der Waals surface area (Å²) in [5, 5.41) is 23.5. The van der Waals surface area contributed by atoms with Crippen molar-refractivity contribution in [1.29, 1.82) is 0 Å². The van der Waals surface area contributed by atoms with E-state index in [1.165, 1.54) is 50.3 Å². The molecule has 2 aromatic heterocycles. The fraction of sp³-hybridized carbons (Fsp3) is 0.184. The Kier molecular flexibility index (Phi) is 9.56. The number of aliphatic hydroxyl groups is 1. The molecule has 0 aliphatic carbocycles. The van der Waals surface area contributed by atoms with Crippen LogP contribution in [0.3, 0.4) is 0 Å². The average Bonchev–Trinajstić information content (AvgIpc) is 3.83. The van der Waals surface area contributed by atoms with E-state index < -0.39 is 23.5 Å². The van der Waals surface area contributed by atoms with E-state index in [1.807, 2.05) is 72.8 Å². The molecule has 1 atom stereocenters. The number of unbranched alkanes of at least 4 members (excludes halogenated alkanes) is 1. The molecule has 6 aromatic rings. The summed E-state index contributed by atoms with van der Waals surface area (Å²) < 4.78 is 6.54. The molecule has 3 heterocycles. The van der Waals surface area contributed by atoms with Gasteiger partial charge in [-0.05, 0) is 47.4 Å². The molecule has 0 fully saturated rings. The van der Waals surface area contributed by atoms with Crippen LogP contribution in [0.25, 0.3) is 21.3 Å². The number of carbonyl (C=O) groups is 2. The minimum Gasteiger partial charge on any atom is -0.503 e. The molecule has 0 spiro atoms. The van der Waals surface area contributed by atoms with E-state index in [-0.39, 0.29) is 5.57 Å². The van der Waals surface area contributed by atoms with Gasteiger partial charge in [0, 0.05) is 11.3 Å². The zero-order valence-corrected chi connectivity index (χ0v) is 29.3. The van der Waals surface area contributed by atoms with Gasteiger partial charge in [0.2, 0.25) is 10.9 Å². The second kappa shape index (κ2) is 14.3. The minimum absolute atomic E-state index is 0.0174. The van der Waals surface area contributed by atoms with Gasteiger partial charge in [-0.25, -0.2) is 4.98 Å². The molecular formula is C38H32N4O4S3. The number of thioether (sulfide) groups is 1. The molecule has 1 aliphatic heterocycles. The Balaban J connectivity index is 1.22. The Labute approximate surface area is 296 Å². The number of hydrogen-bond acceptors (Lipinski definition) is 10. The highest BCUT2D eigenvalue weighted by Crippen LogP contribution is 2.45. The molecule has 0 radical (unpaired) electrons. The van der Waals surface area contributed by atoms with Crippen molar-refractivity contribution >= 4 is 62.0 Å². The van der Waals surface area contributed by atoms with Gasteiger partial charge in [-0.3, -0.25) is 14.5 Å². The first-order valence-corrected chi connectivity index (χ1v) is 18.5. The van der Waals surface area contributed by atoms with Gasteiger partial charge >= 0.3 is 0 Å². The molecule has 49 heavy (non-hydrogen) atoms. The van der Waals surface area contributed by atoms with Crippen LogP contribution in [0.1, 0.15) is 52.3 Å². The number of benzene rings is 4. The summed E-state index contributed by atoms with van der Waals surface area (Å²) in [7, 11) is 0. The maximum Gasteiger partial charge on any atom is 0.296 e. The Morgan fingerprint density at radius 1 is 0.939 bits per heavy atom. The molecule has 4 aromatic carbocycles. The van der Waals surface area contributed by atoms with E-state index in [4.69, 9.17) is 4.74 Å². The summed E-state index contributed by atoms with van der Waals surface area (Å²) in [5.74, 6) is -0.415. The fourth-order valence-electron chi connectivity index (χ4n) is 5.78. The standard InChI is InChI=1S/C38H32N4O4S3/c1-3-4-21-46-28-19-17-25(18-20-28)31-30(32(43)34-23(2)39-35(48-34)26-12-6-5-7-13-26)33(44)36(45)42(31)37-40-41-38(49-37)47-22-27-15-10-14-24-11-8-9-16-29(24)27/h5-20,31,44H,3-4,21-22H2,1-2H3. The predicted octanol–water partition coefficient (Wildman–Crippen LogP) is 9.38. The first-order valence-electron chi connectivity index (χ1n) is 15.9. The quantitative estimate of drug-likeness (QED) is 0.0582. The lowest BCUT2D eigenvalue weighted by molar-refractivity contribution is -0.117. The van der Waals surface area contributed by atoms with Gasteiger partial charge in [0.1, 0.15) is 10.8 Å². The molecule has 0 bridgehead atoms. The van der Waals surface area contributed by atoms with Crippen molar-refractivity contribution in [2.24, 2.45) is 0 Å². The lowest BCUT2D eigenvalue weighted by Gasteiger charge is -2.24. The van der Waals surface area contributed by atoms with Gasteiger partial charge in [0.15, 0.2) is 10.1 Å². The Morgan fingerprint density at radius 3 is 2.49 bits per heavy atom. The van der Waals surface area contributed by atoms with Gasteiger partial charge < -0.3 is 9.84 Å². The smallest absolute Gasteiger partial charge is 0.296 e. The van der Waals surface area contributed by atoms with Crippen molar-refractivity contribution in [2.45, 2.75) is 42.8 Å². The summed E-state index contributed by atoms with van der Waals surface area (Å²) in [5.41, 5.74) is 3.19. The molecule has 8 nitrogen and oxygen atoms in total. The van der Waals surface area contributed by atoms with E-state index in [0.717, 1.165) is 23.8 Å². The number of Topliss-reactive ketones (excluding diaryl/α,β-unsaturated/α-hetero) is 1. The number of rotatable bonds is 12. The van der Waals surface area contributed by atoms with Crippen molar-refractivity contribution in [2.75, 3.05) is 11.5 Å². The number of aromatic nitrogens is 3. The zero-order valence-electron chi connectivity index (χ0n) is 26.8. The summed E-state index contributed by atoms with van der Waals surface area (Å²) in [6, 6.07) is 30.4. The van der Waals surface area contributed by atoms with Crippen molar-refractivity contribution < 1.29 is 19.4 Å². The topological polar surface area (TPSA) is 106 Å². The Morgan fingerprint density at radius 2 is 1.69 bits per heavy atom. The van der Waals surface area contributed by atoms with Gasteiger partial charge in [0.25, 0.3) is 5.91 Å². The second-order valence-corrected chi connectivity index (χ2v) is 14.7. The second-order valence-electron chi connectivity index (χ2n) is 11.5. The summed E-state index contributed by atoms with van der Waals surface area (Å²) in [4.78, 5) is 34.6. The summed E-state index contributed by atoms with van der Waals surface area (Å²) in [6.45, 7) is 4.46. The fourth-order valence-corrected chi connectivity index (χ4v) is 8.68. The number of amides is 1. The largest absolute Gasteiger partial charge is 0.503 e. The molecule has 0 saturated heterocycles. The first kappa shape index (κ1) is 32.7. The van der Waals surface area contributed by atoms with Crippen LogP contribution in [0, 0.1) is 6.92 Å². The lowest BCUT2D eigenvalue weighted by atomic mass is 9.95. The third-order valence-electron chi connectivity index (χ3n) is 8.27. The highest BCUT2D eigenvalue weighted by Gasteiger charge is 2.46. The van der Waals surface area contributed by atoms with Crippen LogP contribution in [0.5, 0.6) is 5.75 Å². The number of anilines is 1. The predicted molar refractivity (Wildman–Crippen MR) is 197 cm³/mol. The lowest BCUT2D eigenvalue weighted by Crippen LogP contribution is -2.31. The van der Waals surface area contributed by atoms with Crippen LogP contribution in [0.15, 0.2) is 113 Å². The van der Waals surface area contributed by atoms with E-state index >= 15 is 0 Å². The number of aliphatic hydroxyl groups excluding tert-OH is 1. The SMILES string of the molecule is CCCCOc1ccc(C2C(C(=O)c3sc(-c4ccccc4)nc3C)=C(O)C(=O)N2c2nnc(SCc3cccc4ccccc34)s2)cc1. The normalized spacial score (nSPS) is 14.6. The van der Waals surface area contributed by atoms with Crippen LogP contribution in [0.2, 0.25) is 0 Å². The van der Waals surface area contributed by atoms with Gasteiger partial charge in [-0.15, -0.1) is 21.5 Å². The van der Waals surface area contributed by atoms with E-state index in [0.29, 0.717) is 48.7 Å². The molecule has 1 unspecified atom stereocenters. The number of thiazole rings is 1. The van der Waals surface area contributed by atoms with E-state index in [9.17, 15) is 14.7 Å². The van der Waals surface area contributed by atoms with Crippen LogP contribution >= 0.6 is 34.4 Å². The maximum atomic E-state index is 14.4. The highest BCUT2D eigenvalue weighted by molar-refractivity contribution is 8.00. The maximum absolute atomic E-state index is 14.4. The summed E-state index contributed by atoms with van der Waals surface area (Å²) >= 11 is 4.02. The molecule has 1 N–H and O–H groups in total. The van der Waals surface area contributed by atoms with Crippen LogP contribution in [0.4, 0.5) is 5.13 Å². The number of carbonyl (C=O) groups excluding carboxylic acids is 2. The van der Waals surface area contributed by atoms with Gasteiger partial charge in [-0.1, -0.05) is 121 Å². The number of nitrogens with zero attached hydrogens (tertiary/aromatic N) is 4. The zero-order chi connectivity index (χ0) is 33.9. The molecule has 11 heteroatoms. The number of fused-ring (bicyclic) bond motifs is 1. The molecule has 0 saturated carbocycles. The molecule has 7 rings (SSSR count). The molecule has 246 valence electrons. The van der Waals surface area contributed by atoms with Crippen molar-refractivity contribution in [1.82, 2.24) is 15.2 Å². The van der Waals surface area contributed by atoms with E-state index in [2.05, 4.69) is 46.4 Å². The molecular weight excluding hydrogens is 673 g/mol. The highest BCUT2D eigenvalue weighted by atomic mass is 32.2. The van der Waals surface area contributed by atoms with Gasteiger partial charge in [0.05, 0.1) is 28.8 Å². The summed E-state index contributed by atoms with van der Waals surface area (Å²) in [6.07, 6.45) is 1.94. The van der Waals surface area contributed by atoms with Crippen LogP contribution in [-0.2, 0) is 10.5 Å². The monoisotopic (exact) mass is 704 g/mol. The van der Waals surface area contributed by atoms with Crippen LogP contribution in [-0.4, -0.2) is 38.6 Å². The van der Waals surface area contributed by atoms with Gasteiger partial charge in [-0.2, -0.15) is 0 Å². The third kappa shape index (κ3) is 6.61. The number of aryl methyl sites for hydroxylation is 1. The first-order chi connectivity index (χ1) is 23.9.